The zero-order chi connectivity index (χ0) is 11.8. The molecule has 0 bridgehead atoms. The maximum Gasteiger partial charge on any atom is 0.0246 e. The van der Waals surface area contributed by atoms with Crippen molar-refractivity contribution in [3.63, 3.8) is 0 Å². The van der Waals surface area contributed by atoms with Crippen molar-refractivity contribution >= 4 is 0 Å². The van der Waals surface area contributed by atoms with E-state index in [1.165, 1.54) is 11.1 Å². The summed E-state index contributed by atoms with van der Waals surface area (Å²) < 4.78 is 0. The smallest absolute Gasteiger partial charge is 0.0246 e. The molecule has 0 radical (unpaired) electrons. The minimum atomic E-state index is 0.471. The van der Waals surface area contributed by atoms with E-state index < -0.39 is 0 Å². The Morgan fingerprint density at radius 1 is 1.31 bits per heavy atom. The van der Waals surface area contributed by atoms with E-state index in [1.807, 2.05) is 6.92 Å². The first kappa shape index (κ1) is 12.8. The standard InChI is InChI=1S/C15H21N/c1-4-6-11-15(16-5-2)12-14-10-8-7-9-13(14)3/h7-10,15-16H,5,11-12H2,1-3H3. The summed E-state index contributed by atoms with van der Waals surface area (Å²) in [5, 5.41) is 3.49. The summed E-state index contributed by atoms with van der Waals surface area (Å²) in [6.45, 7) is 7.22. The summed E-state index contributed by atoms with van der Waals surface area (Å²) in [6.07, 6.45) is 1.99. The number of benzene rings is 1. The number of likely N-dealkylation sites (N-methyl/N-ethyl adjacent to an activating group) is 1. The third kappa shape index (κ3) is 4.08. The van der Waals surface area contributed by atoms with Crippen molar-refractivity contribution in [1.29, 1.82) is 0 Å². The van der Waals surface area contributed by atoms with Gasteiger partial charge in [-0.1, -0.05) is 31.2 Å². The molecule has 86 valence electrons. The Morgan fingerprint density at radius 2 is 2.06 bits per heavy atom. The molecule has 1 nitrogen and oxygen atoms in total. The molecule has 1 N–H and O–H groups in total. The van der Waals surface area contributed by atoms with Crippen LogP contribution in [0.3, 0.4) is 0 Å². The van der Waals surface area contributed by atoms with Gasteiger partial charge in [-0.05, 0) is 37.9 Å². The molecule has 1 aromatic rings. The molecule has 0 amide bonds. The molecule has 1 heteroatoms. The van der Waals surface area contributed by atoms with Crippen LogP contribution in [0.1, 0.15) is 31.4 Å². The van der Waals surface area contributed by atoms with Crippen molar-refractivity contribution < 1.29 is 0 Å². The summed E-state index contributed by atoms with van der Waals surface area (Å²) >= 11 is 0. The summed E-state index contributed by atoms with van der Waals surface area (Å²) in [5.41, 5.74) is 2.79. The van der Waals surface area contributed by atoms with E-state index in [1.54, 1.807) is 0 Å². The van der Waals surface area contributed by atoms with Crippen LogP contribution in [0.25, 0.3) is 0 Å². The average molecular weight is 215 g/mol. The van der Waals surface area contributed by atoms with Crippen LogP contribution in [0, 0.1) is 18.8 Å². The molecule has 0 saturated carbocycles. The predicted octanol–water partition coefficient (Wildman–Crippen LogP) is 2.93. The van der Waals surface area contributed by atoms with Gasteiger partial charge >= 0.3 is 0 Å². The summed E-state index contributed by atoms with van der Waals surface area (Å²) in [5.74, 6) is 6.13. The van der Waals surface area contributed by atoms with Crippen molar-refractivity contribution in [3.05, 3.63) is 35.4 Å². The van der Waals surface area contributed by atoms with E-state index in [0.29, 0.717) is 6.04 Å². The molecule has 0 spiro atoms. The second kappa shape index (κ2) is 7.09. The van der Waals surface area contributed by atoms with E-state index in [0.717, 1.165) is 19.4 Å². The van der Waals surface area contributed by atoms with Gasteiger partial charge < -0.3 is 5.32 Å². The van der Waals surface area contributed by atoms with Crippen LogP contribution in [0.4, 0.5) is 0 Å². The van der Waals surface area contributed by atoms with Gasteiger partial charge in [0.25, 0.3) is 0 Å². The second-order valence-corrected chi connectivity index (χ2v) is 4.02. The van der Waals surface area contributed by atoms with E-state index >= 15 is 0 Å². The van der Waals surface area contributed by atoms with Gasteiger partial charge in [-0.25, -0.2) is 0 Å². The van der Waals surface area contributed by atoms with Crippen LogP contribution in [-0.4, -0.2) is 12.6 Å². The molecular formula is C15H21N. The first-order chi connectivity index (χ1) is 7.77. The summed E-state index contributed by atoms with van der Waals surface area (Å²) in [4.78, 5) is 0. The van der Waals surface area contributed by atoms with Crippen LogP contribution < -0.4 is 5.32 Å². The molecule has 1 rings (SSSR count). The molecule has 0 heterocycles. The normalized spacial score (nSPS) is 11.7. The van der Waals surface area contributed by atoms with E-state index in [4.69, 9.17) is 0 Å². The Balaban J connectivity index is 2.66. The van der Waals surface area contributed by atoms with Crippen LogP contribution in [0.15, 0.2) is 24.3 Å². The van der Waals surface area contributed by atoms with Crippen LogP contribution >= 0.6 is 0 Å². The largest absolute Gasteiger partial charge is 0.313 e. The molecular weight excluding hydrogens is 194 g/mol. The lowest BCUT2D eigenvalue weighted by atomic mass is 9.99. The molecule has 0 aliphatic rings. The Labute approximate surface area is 99.3 Å². The SMILES string of the molecule is CC#CCC(Cc1ccccc1C)NCC. The van der Waals surface area contributed by atoms with Crippen molar-refractivity contribution in [2.75, 3.05) is 6.54 Å². The van der Waals surface area contributed by atoms with Crippen molar-refractivity contribution in [3.8, 4) is 11.8 Å². The van der Waals surface area contributed by atoms with Gasteiger partial charge in [-0.3, -0.25) is 0 Å². The molecule has 1 atom stereocenters. The third-order valence-electron chi connectivity index (χ3n) is 2.75. The highest BCUT2D eigenvalue weighted by Gasteiger charge is 2.07. The molecule has 16 heavy (non-hydrogen) atoms. The minimum absolute atomic E-state index is 0.471. The average Bonchev–Trinajstić information content (AvgIpc) is 2.29. The molecule has 0 fully saturated rings. The lowest BCUT2D eigenvalue weighted by Crippen LogP contribution is -2.30. The van der Waals surface area contributed by atoms with Gasteiger partial charge in [-0.2, -0.15) is 0 Å². The Morgan fingerprint density at radius 3 is 2.69 bits per heavy atom. The zero-order valence-electron chi connectivity index (χ0n) is 10.5. The number of aryl methyl sites for hydroxylation is 1. The number of hydrogen-bond donors (Lipinski definition) is 1. The second-order valence-electron chi connectivity index (χ2n) is 4.02. The van der Waals surface area contributed by atoms with E-state index in [9.17, 15) is 0 Å². The minimum Gasteiger partial charge on any atom is -0.313 e. The molecule has 0 aliphatic heterocycles. The fraction of sp³-hybridized carbons (Fsp3) is 0.467. The Hall–Kier alpha value is -1.26. The topological polar surface area (TPSA) is 12.0 Å². The quantitative estimate of drug-likeness (QED) is 0.745. The molecule has 0 aliphatic carbocycles. The number of rotatable bonds is 5. The van der Waals surface area contributed by atoms with Gasteiger partial charge in [0.2, 0.25) is 0 Å². The van der Waals surface area contributed by atoms with Crippen molar-refractivity contribution in [2.45, 2.75) is 39.7 Å². The summed E-state index contributed by atoms with van der Waals surface area (Å²) in [7, 11) is 0. The number of hydrogen-bond acceptors (Lipinski definition) is 1. The Kier molecular flexibility index (Phi) is 5.67. The van der Waals surface area contributed by atoms with Crippen molar-refractivity contribution in [2.24, 2.45) is 0 Å². The van der Waals surface area contributed by atoms with E-state index in [2.05, 4.69) is 55.3 Å². The predicted molar refractivity (Wildman–Crippen MR) is 70.4 cm³/mol. The van der Waals surface area contributed by atoms with Gasteiger partial charge in [0.1, 0.15) is 0 Å². The van der Waals surface area contributed by atoms with Gasteiger partial charge in [0.05, 0.1) is 0 Å². The van der Waals surface area contributed by atoms with E-state index in [-0.39, 0.29) is 0 Å². The van der Waals surface area contributed by atoms with Crippen LogP contribution in [-0.2, 0) is 6.42 Å². The zero-order valence-corrected chi connectivity index (χ0v) is 10.5. The fourth-order valence-electron chi connectivity index (χ4n) is 1.84. The molecule has 1 unspecified atom stereocenters. The third-order valence-corrected chi connectivity index (χ3v) is 2.75. The fourth-order valence-corrected chi connectivity index (χ4v) is 1.84. The Bertz CT molecular complexity index is 371. The first-order valence-electron chi connectivity index (χ1n) is 5.95. The van der Waals surface area contributed by atoms with Gasteiger partial charge in [0, 0.05) is 12.5 Å². The maximum atomic E-state index is 3.49. The van der Waals surface area contributed by atoms with Gasteiger partial charge in [-0.15, -0.1) is 11.8 Å². The summed E-state index contributed by atoms with van der Waals surface area (Å²) in [6, 6.07) is 9.05. The molecule has 0 aromatic heterocycles. The molecule has 1 aromatic carbocycles. The first-order valence-corrected chi connectivity index (χ1v) is 5.95. The van der Waals surface area contributed by atoms with Crippen molar-refractivity contribution in [1.82, 2.24) is 5.32 Å². The number of nitrogens with one attached hydrogen (secondary N) is 1. The lowest BCUT2D eigenvalue weighted by Gasteiger charge is -2.16. The van der Waals surface area contributed by atoms with Crippen LogP contribution in [0.5, 0.6) is 0 Å². The maximum absolute atomic E-state index is 3.49. The lowest BCUT2D eigenvalue weighted by molar-refractivity contribution is 0.534. The highest BCUT2D eigenvalue weighted by Crippen LogP contribution is 2.11. The molecule has 0 saturated heterocycles. The highest BCUT2D eigenvalue weighted by atomic mass is 14.9. The van der Waals surface area contributed by atoms with Crippen LogP contribution in [0.2, 0.25) is 0 Å². The monoisotopic (exact) mass is 215 g/mol. The van der Waals surface area contributed by atoms with Gasteiger partial charge in [0.15, 0.2) is 0 Å². The highest BCUT2D eigenvalue weighted by molar-refractivity contribution is 5.26.